The molecule has 0 aromatic rings. The zero-order valence-corrected chi connectivity index (χ0v) is 7.21. The molecular formula is C7H16O5. The van der Waals surface area contributed by atoms with Gasteiger partial charge in [-0.15, -0.1) is 0 Å². The standard InChI is InChI=1S/C7H16O5/c1-4(9)7(11)5(2)12-6(10)3-8/h4-11H,3H2,1-2H3. The number of aliphatic hydroxyl groups excluding tert-OH is 4. The Bertz CT molecular complexity index is 116. The van der Waals surface area contributed by atoms with Gasteiger partial charge in [0.1, 0.15) is 6.10 Å². The van der Waals surface area contributed by atoms with Crippen molar-refractivity contribution >= 4 is 0 Å². The molecule has 0 saturated carbocycles. The molecule has 4 unspecified atom stereocenters. The summed E-state index contributed by atoms with van der Waals surface area (Å²) in [4.78, 5) is 0. The van der Waals surface area contributed by atoms with Crippen LogP contribution in [0.15, 0.2) is 0 Å². The first-order chi connectivity index (χ1) is 5.49. The molecule has 4 N–H and O–H groups in total. The Labute approximate surface area is 71.2 Å². The van der Waals surface area contributed by atoms with Crippen molar-refractivity contribution in [2.45, 2.75) is 38.4 Å². The molecule has 0 fully saturated rings. The van der Waals surface area contributed by atoms with Gasteiger partial charge in [-0.25, -0.2) is 0 Å². The second-order valence-electron chi connectivity index (χ2n) is 2.71. The molecule has 0 aliphatic heterocycles. The summed E-state index contributed by atoms with van der Waals surface area (Å²) in [6, 6.07) is 0. The molecule has 0 amide bonds. The van der Waals surface area contributed by atoms with E-state index in [2.05, 4.69) is 0 Å². The maximum absolute atomic E-state index is 9.17. The van der Waals surface area contributed by atoms with Crippen molar-refractivity contribution in [2.24, 2.45) is 0 Å². The molecular weight excluding hydrogens is 164 g/mol. The second-order valence-corrected chi connectivity index (χ2v) is 2.71. The lowest BCUT2D eigenvalue weighted by molar-refractivity contribution is -0.186. The first-order valence-electron chi connectivity index (χ1n) is 3.79. The fourth-order valence-electron chi connectivity index (χ4n) is 0.764. The van der Waals surface area contributed by atoms with Crippen LogP contribution in [0.25, 0.3) is 0 Å². The number of rotatable bonds is 5. The third kappa shape index (κ3) is 3.99. The van der Waals surface area contributed by atoms with E-state index in [0.717, 1.165) is 0 Å². The van der Waals surface area contributed by atoms with Crippen molar-refractivity contribution in [1.82, 2.24) is 0 Å². The quantitative estimate of drug-likeness (QED) is 0.384. The maximum atomic E-state index is 9.17. The summed E-state index contributed by atoms with van der Waals surface area (Å²) in [6.45, 7) is 2.38. The molecule has 0 saturated heterocycles. The van der Waals surface area contributed by atoms with E-state index in [1.165, 1.54) is 13.8 Å². The number of ether oxygens (including phenoxy) is 1. The van der Waals surface area contributed by atoms with Gasteiger partial charge in [-0.05, 0) is 13.8 Å². The van der Waals surface area contributed by atoms with Crippen LogP contribution in [0, 0.1) is 0 Å². The Kier molecular flexibility index (Phi) is 5.36. The van der Waals surface area contributed by atoms with Gasteiger partial charge in [-0.1, -0.05) is 0 Å². The minimum atomic E-state index is -1.31. The Balaban J connectivity index is 3.78. The third-order valence-electron chi connectivity index (χ3n) is 1.50. The minimum Gasteiger partial charge on any atom is -0.391 e. The number of hydrogen-bond donors (Lipinski definition) is 4. The molecule has 0 aliphatic rings. The van der Waals surface area contributed by atoms with Crippen molar-refractivity contribution in [1.29, 1.82) is 0 Å². The number of aliphatic hydroxyl groups is 4. The summed E-state index contributed by atoms with van der Waals surface area (Å²) in [5, 5.41) is 35.3. The van der Waals surface area contributed by atoms with Gasteiger partial charge in [-0.3, -0.25) is 0 Å². The van der Waals surface area contributed by atoms with E-state index < -0.39 is 31.2 Å². The van der Waals surface area contributed by atoms with Gasteiger partial charge in [0, 0.05) is 0 Å². The highest BCUT2D eigenvalue weighted by Gasteiger charge is 2.21. The lowest BCUT2D eigenvalue weighted by Gasteiger charge is -2.23. The van der Waals surface area contributed by atoms with Crippen molar-refractivity contribution in [3.05, 3.63) is 0 Å². The van der Waals surface area contributed by atoms with Crippen LogP contribution in [-0.4, -0.2) is 51.6 Å². The highest BCUT2D eigenvalue weighted by molar-refractivity contribution is 4.69. The average molecular weight is 180 g/mol. The molecule has 0 aliphatic carbocycles. The summed E-state index contributed by atoms with van der Waals surface area (Å²) in [5.74, 6) is 0. The van der Waals surface area contributed by atoms with Crippen molar-refractivity contribution in [2.75, 3.05) is 6.61 Å². The Morgan fingerprint density at radius 3 is 2.00 bits per heavy atom. The first kappa shape index (κ1) is 11.8. The third-order valence-corrected chi connectivity index (χ3v) is 1.50. The van der Waals surface area contributed by atoms with Crippen LogP contribution < -0.4 is 0 Å². The normalized spacial score (nSPS) is 21.5. The van der Waals surface area contributed by atoms with Gasteiger partial charge < -0.3 is 25.2 Å². The van der Waals surface area contributed by atoms with Gasteiger partial charge >= 0.3 is 0 Å². The Morgan fingerprint density at radius 2 is 1.67 bits per heavy atom. The molecule has 0 bridgehead atoms. The van der Waals surface area contributed by atoms with Crippen LogP contribution in [0.3, 0.4) is 0 Å². The zero-order valence-electron chi connectivity index (χ0n) is 7.21. The lowest BCUT2D eigenvalue weighted by Crippen LogP contribution is -2.38. The molecule has 5 heteroatoms. The van der Waals surface area contributed by atoms with E-state index in [1.54, 1.807) is 0 Å². The van der Waals surface area contributed by atoms with Gasteiger partial charge in [0.25, 0.3) is 0 Å². The fraction of sp³-hybridized carbons (Fsp3) is 1.00. The van der Waals surface area contributed by atoms with Gasteiger partial charge in [0.05, 0.1) is 18.8 Å². The van der Waals surface area contributed by atoms with Gasteiger partial charge in [0.2, 0.25) is 0 Å². The summed E-state index contributed by atoms with van der Waals surface area (Å²) in [7, 11) is 0. The van der Waals surface area contributed by atoms with Crippen LogP contribution in [0.5, 0.6) is 0 Å². The lowest BCUT2D eigenvalue weighted by atomic mass is 10.1. The van der Waals surface area contributed by atoms with Crippen molar-refractivity contribution < 1.29 is 25.2 Å². The molecule has 0 aromatic carbocycles. The van der Waals surface area contributed by atoms with Crippen LogP contribution >= 0.6 is 0 Å². The van der Waals surface area contributed by atoms with E-state index in [9.17, 15) is 5.11 Å². The number of hydrogen-bond acceptors (Lipinski definition) is 5. The zero-order chi connectivity index (χ0) is 9.72. The van der Waals surface area contributed by atoms with Crippen molar-refractivity contribution in [3.63, 3.8) is 0 Å². The van der Waals surface area contributed by atoms with E-state index in [1.807, 2.05) is 0 Å². The van der Waals surface area contributed by atoms with Crippen molar-refractivity contribution in [3.8, 4) is 0 Å². The van der Waals surface area contributed by atoms with Crippen LogP contribution in [0.4, 0.5) is 0 Å². The van der Waals surface area contributed by atoms with Crippen LogP contribution in [-0.2, 0) is 4.74 Å². The predicted octanol–water partition coefficient (Wildman–Crippen LogP) is -1.56. The smallest absolute Gasteiger partial charge is 0.178 e. The molecule has 4 atom stereocenters. The van der Waals surface area contributed by atoms with E-state index in [0.29, 0.717) is 0 Å². The topological polar surface area (TPSA) is 90.2 Å². The Morgan fingerprint density at radius 1 is 1.17 bits per heavy atom. The molecule has 0 heterocycles. The largest absolute Gasteiger partial charge is 0.391 e. The van der Waals surface area contributed by atoms with E-state index in [4.69, 9.17) is 20.1 Å². The van der Waals surface area contributed by atoms with E-state index in [-0.39, 0.29) is 0 Å². The van der Waals surface area contributed by atoms with Gasteiger partial charge in [-0.2, -0.15) is 0 Å². The Hall–Kier alpha value is -0.200. The van der Waals surface area contributed by atoms with Crippen LogP contribution in [0.2, 0.25) is 0 Å². The minimum absolute atomic E-state index is 0.531. The molecule has 0 rings (SSSR count). The highest BCUT2D eigenvalue weighted by Crippen LogP contribution is 2.05. The maximum Gasteiger partial charge on any atom is 0.178 e. The molecule has 0 aromatic heterocycles. The van der Waals surface area contributed by atoms with Gasteiger partial charge in [0.15, 0.2) is 6.29 Å². The second kappa shape index (κ2) is 5.45. The molecule has 5 nitrogen and oxygen atoms in total. The molecule has 0 spiro atoms. The molecule has 0 radical (unpaired) electrons. The highest BCUT2D eigenvalue weighted by atomic mass is 16.6. The predicted molar refractivity (Wildman–Crippen MR) is 41.3 cm³/mol. The monoisotopic (exact) mass is 180 g/mol. The van der Waals surface area contributed by atoms with E-state index >= 15 is 0 Å². The molecule has 74 valence electrons. The molecule has 12 heavy (non-hydrogen) atoms. The van der Waals surface area contributed by atoms with Crippen LogP contribution in [0.1, 0.15) is 13.8 Å². The summed E-state index contributed by atoms with van der Waals surface area (Å²) in [6.07, 6.45) is -4.02. The first-order valence-corrected chi connectivity index (χ1v) is 3.79. The SMILES string of the molecule is CC(O)C(O)C(C)OC(O)CO. The fourth-order valence-corrected chi connectivity index (χ4v) is 0.764. The summed E-state index contributed by atoms with van der Waals surface area (Å²) >= 11 is 0. The average Bonchev–Trinajstić information content (AvgIpc) is 2.02. The summed E-state index contributed by atoms with van der Waals surface area (Å²) < 4.78 is 4.72. The summed E-state index contributed by atoms with van der Waals surface area (Å²) in [5.41, 5.74) is 0.